The highest BCUT2D eigenvalue weighted by Crippen LogP contribution is 2.18. The monoisotopic (exact) mass is 202 g/mol. The third-order valence-corrected chi connectivity index (χ3v) is 3.24. The number of rotatable bonds is 5. The van der Waals surface area contributed by atoms with Gasteiger partial charge in [-0.05, 0) is 24.9 Å². The van der Waals surface area contributed by atoms with Crippen molar-refractivity contribution in [3.8, 4) is 0 Å². The molecule has 0 spiro atoms. The van der Waals surface area contributed by atoms with E-state index in [9.17, 15) is 0 Å². The van der Waals surface area contributed by atoms with Crippen molar-refractivity contribution >= 4 is 23.1 Å². The maximum atomic E-state index is 5.92. The maximum absolute atomic E-state index is 5.92. The van der Waals surface area contributed by atoms with Crippen LogP contribution in [0.25, 0.3) is 0 Å². The zero-order chi connectivity index (χ0) is 8.81. The summed E-state index contributed by atoms with van der Waals surface area (Å²) in [6, 6.07) is 0.150. The van der Waals surface area contributed by atoms with E-state index in [4.69, 9.17) is 5.73 Å². The Morgan fingerprint density at radius 1 is 1.75 bits per heavy atom. The van der Waals surface area contributed by atoms with Gasteiger partial charge in [-0.3, -0.25) is 0 Å². The van der Waals surface area contributed by atoms with Crippen LogP contribution >= 0.6 is 23.1 Å². The van der Waals surface area contributed by atoms with Crippen molar-refractivity contribution in [3.05, 3.63) is 16.6 Å². The maximum Gasteiger partial charge on any atom is 0.109 e. The Morgan fingerprint density at radius 3 is 3.17 bits per heavy atom. The fourth-order valence-electron chi connectivity index (χ4n) is 0.989. The molecule has 68 valence electrons. The molecule has 0 saturated carbocycles. The molecule has 0 aliphatic carbocycles. The number of hydrogen-bond acceptors (Lipinski definition) is 4. The van der Waals surface area contributed by atoms with E-state index in [-0.39, 0.29) is 6.04 Å². The number of thioether (sulfide) groups is 1. The third-order valence-electron chi connectivity index (χ3n) is 1.63. The summed E-state index contributed by atoms with van der Waals surface area (Å²) in [5.41, 5.74) is 5.92. The zero-order valence-corrected chi connectivity index (χ0v) is 8.83. The van der Waals surface area contributed by atoms with Gasteiger partial charge in [0.2, 0.25) is 0 Å². The summed E-state index contributed by atoms with van der Waals surface area (Å²) in [7, 11) is 0. The lowest BCUT2D eigenvalue weighted by molar-refractivity contribution is 0.638. The van der Waals surface area contributed by atoms with E-state index < -0.39 is 0 Å². The summed E-state index contributed by atoms with van der Waals surface area (Å²) in [5.74, 6) is 1.19. The summed E-state index contributed by atoms with van der Waals surface area (Å²) in [6.45, 7) is 0. The van der Waals surface area contributed by atoms with E-state index in [1.807, 2.05) is 23.3 Å². The fraction of sp³-hybridized carbons (Fsp3) is 0.625. The van der Waals surface area contributed by atoms with Gasteiger partial charge < -0.3 is 5.73 Å². The number of hydrogen-bond donors (Lipinski definition) is 1. The molecule has 0 radical (unpaired) electrons. The van der Waals surface area contributed by atoms with Gasteiger partial charge in [0.1, 0.15) is 5.01 Å². The SMILES string of the molecule is CSCCCC(N)c1nccs1. The van der Waals surface area contributed by atoms with Gasteiger partial charge in [-0.2, -0.15) is 11.8 Å². The van der Waals surface area contributed by atoms with Crippen LogP contribution in [0.5, 0.6) is 0 Å². The first kappa shape index (κ1) is 10.0. The number of nitrogens with zero attached hydrogens (tertiary/aromatic N) is 1. The van der Waals surface area contributed by atoms with Gasteiger partial charge in [0.15, 0.2) is 0 Å². The Kier molecular flexibility index (Phi) is 4.65. The Morgan fingerprint density at radius 2 is 2.58 bits per heavy atom. The first-order chi connectivity index (χ1) is 5.84. The summed E-state index contributed by atoms with van der Waals surface area (Å²) in [4.78, 5) is 4.18. The van der Waals surface area contributed by atoms with Crippen LogP contribution in [-0.4, -0.2) is 17.0 Å². The highest BCUT2D eigenvalue weighted by atomic mass is 32.2. The average Bonchev–Trinajstić information content (AvgIpc) is 2.56. The van der Waals surface area contributed by atoms with E-state index >= 15 is 0 Å². The Bertz CT molecular complexity index is 199. The molecule has 0 fully saturated rings. The second kappa shape index (κ2) is 5.56. The molecule has 0 aromatic carbocycles. The molecule has 1 heterocycles. The molecule has 4 heteroatoms. The zero-order valence-electron chi connectivity index (χ0n) is 7.19. The molecular formula is C8H14N2S2. The van der Waals surface area contributed by atoms with Crippen molar-refractivity contribution in [3.63, 3.8) is 0 Å². The second-order valence-electron chi connectivity index (χ2n) is 2.61. The van der Waals surface area contributed by atoms with Crippen molar-refractivity contribution in [1.82, 2.24) is 4.98 Å². The predicted molar refractivity (Wildman–Crippen MR) is 56.7 cm³/mol. The van der Waals surface area contributed by atoms with Crippen LogP contribution in [0, 0.1) is 0 Å². The summed E-state index contributed by atoms with van der Waals surface area (Å²) >= 11 is 3.51. The first-order valence-electron chi connectivity index (χ1n) is 3.98. The van der Waals surface area contributed by atoms with Gasteiger partial charge in [0.25, 0.3) is 0 Å². The van der Waals surface area contributed by atoms with Gasteiger partial charge >= 0.3 is 0 Å². The summed E-state index contributed by atoms with van der Waals surface area (Å²) in [5, 5.41) is 3.04. The molecule has 1 rings (SSSR count). The molecule has 1 aromatic rings. The Hall–Kier alpha value is -0.0600. The van der Waals surface area contributed by atoms with Crippen LogP contribution in [0.15, 0.2) is 11.6 Å². The number of aromatic nitrogens is 1. The molecule has 0 saturated heterocycles. The lowest BCUT2D eigenvalue weighted by atomic mass is 10.2. The van der Waals surface area contributed by atoms with Crippen LogP contribution in [-0.2, 0) is 0 Å². The smallest absolute Gasteiger partial charge is 0.109 e. The van der Waals surface area contributed by atoms with Crippen LogP contribution in [0.2, 0.25) is 0 Å². The molecule has 2 N–H and O–H groups in total. The van der Waals surface area contributed by atoms with E-state index in [1.165, 1.54) is 12.2 Å². The van der Waals surface area contributed by atoms with E-state index in [1.54, 1.807) is 11.3 Å². The quantitative estimate of drug-likeness (QED) is 0.745. The van der Waals surface area contributed by atoms with E-state index in [0.717, 1.165) is 11.4 Å². The summed E-state index contributed by atoms with van der Waals surface area (Å²) in [6.07, 6.45) is 6.17. The predicted octanol–water partition coefficient (Wildman–Crippen LogP) is 2.29. The van der Waals surface area contributed by atoms with Crippen molar-refractivity contribution in [2.45, 2.75) is 18.9 Å². The molecule has 1 aromatic heterocycles. The van der Waals surface area contributed by atoms with Gasteiger partial charge in [-0.15, -0.1) is 11.3 Å². The standard InChI is InChI=1S/C8H14N2S2/c1-11-5-2-3-7(9)8-10-4-6-12-8/h4,6-7H,2-3,5,9H2,1H3. The molecular weight excluding hydrogens is 188 g/mol. The van der Waals surface area contributed by atoms with Crippen LogP contribution in [0.3, 0.4) is 0 Å². The Labute approximate surface area is 81.6 Å². The molecule has 1 atom stereocenters. The molecule has 2 nitrogen and oxygen atoms in total. The largest absolute Gasteiger partial charge is 0.322 e. The molecule has 0 aliphatic rings. The van der Waals surface area contributed by atoms with E-state index in [2.05, 4.69) is 11.2 Å². The van der Waals surface area contributed by atoms with Crippen molar-refractivity contribution in [2.24, 2.45) is 5.73 Å². The van der Waals surface area contributed by atoms with Crippen LogP contribution < -0.4 is 5.73 Å². The van der Waals surface area contributed by atoms with Crippen molar-refractivity contribution in [1.29, 1.82) is 0 Å². The normalized spacial score (nSPS) is 13.2. The molecule has 0 amide bonds. The lowest BCUT2D eigenvalue weighted by Gasteiger charge is -2.06. The average molecular weight is 202 g/mol. The molecule has 0 bridgehead atoms. The first-order valence-corrected chi connectivity index (χ1v) is 6.26. The molecule has 0 aliphatic heterocycles. The van der Waals surface area contributed by atoms with Crippen molar-refractivity contribution < 1.29 is 0 Å². The van der Waals surface area contributed by atoms with Gasteiger partial charge in [-0.25, -0.2) is 4.98 Å². The lowest BCUT2D eigenvalue weighted by Crippen LogP contribution is -2.09. The molecule has 12 heavy (non-hydrogen) atoms. The highest BCUT2D eigenvalue weighted by Gasteiger charge is 2.06. The van der Waals surface area contributed by atoms with Gasteiger partial charge in [-0.1, -0.05) is 0 Å². The fourth-order valence-corrected chi connectivity index (χ4v) is 2.12. The van der Waals surface area contributed by atoms with E-state index in [0.29, 0.717) is 0 Å². The number of nitrogens with two attached hydrogens (primary N) is 1. The van der Waals surface area contributed by atoms with Crippen LogP contribution in [0.1, 0.15) is 23.9 Å². The highest BCUT2D eigenvalue weighted by molar-refractivity contribution is 7.98. The Balaban J connectivity index is 2.25. The third kappa shape index (κ3) is 3.13. The topological polar surface area (TPSA) is 38.9 Å². The van der Waals surface area contributed by atoms with Crippen LogP contribution in [0.4, 0.5) is 0 Å². The van der Waals surface area contributed by atoms with Crippen molar-refractivity contribution in [2.75, 3.05) is 12.0 Å². The minimum atomic E-state index is 0.150. The van der Waals surface area contributed by atoms with Gasteiger partial charge in [0, 0.05) is 11.6 Å². The second-order valence-corrected chi connectivity index (χ2v) is 4.52. The van der Waals surface area contributed by atoms with Gasteiger partial charge in [0.05, 0.1) is 6.04 Å². The molecule has 1 unspecified atom stereocenters. The minimum Gasteiger partial charge on any atom is -0.322 e. The summed E-state index contributed by atoms with van der Waals surface area (Å²) < 4.78 is 0. The minimum absolute atomic E-state index is 0.150. The number of thiazole rings is 1.